The van der Waals surface area contributed by atoms with E-state index in [4.69, 9.17) is 16.3 Å². The maximum Gasteiger partial charge on any atom is 0.260 e. The van der Waals surface area contributed by atoms with Gasteiger partial charge in [-0.15, -0.1) is 11.3 Å². The van der Waals surface area contributed by atoms with Gasteiger partial charge in [0, 0.05) is 43.8 Å². The smallest absolute Gasteiger partial charge is 0.260 e. The number of benzene rings is 1. The molecule has 5 nitrogen and oxygen atoms in total. The summed E-state index contributed by atoms with van der Waals surface area (Å²) in [6.45, 7) is 2.68. The van der Waals surface area contributed by atoms with Gasteiger partial charge in [0.2, 0.25) is 0 Å². The summed E-state index contributed by atoms with van der Waals surface area (Å²) in [4.78, 5) is 20.4. The molecule has 0 aliphatic carbocycles. The summed E-state index contributed by atoms with van der Waals surface area (Å²) in [6.07, 6.45) is 1.78. The molecule has 0 bridgehead atoms. The zero-order valence-electron chi connectivity index (χ0n) is 12.2. The Kier molecular flexibility index (Phi) is 4.97. The molecule has 0 N–H and O–H groups in total. The fraction of sp³-hybridized carbons (Fsp3) is 0.333. The lowest BCUT2D eigenvalue weighted by Crippen LogP contribution is -2.50. The van der Waals surface area contributed by atoms with Gasteiger partial charge in [0.15, 0.2) is 11.7 Å². The van der Waals surface area contributed by atoms with E-state index in [0.717, 1.165) is 18.2 Å². The van der Waals surface area contributed by atoms with Crippen molar-refractivity contribution in [2.75, 3.05) is 37.7 Å². The minimum atomic E-state index is -0.511. The van der Waals surface area contributed by atoms with Crippen LogP contribution in [0.5, 0.6) is 5.75 Å². The summed E-state index contributed by atoms with van der Waals surface area (Å²) in [5.74, 6) is -0.223. The van der Waals surface area contributed by atoms with Gasteiger partial charge in [-0.2, -0.15) is 0 Å². The van der Waals surface area contributed by atoms with Gasteiger partial charge in [0.25, 0.3) is 5.91 Å². The Morgan fingerprint density at radius 2 is 2.13 bits per heavy atom. The number of ether oxygens (including phenoxy) is 1. The minimum absolute atomic E-state index is 0.0213. The van der Waals surface area contributed by atoms with Gasteiger partial charge in [-0.05, 0) is 12.1 Å². The van der Waals surface area contributed by atoms with E-state index in [0.29, 0.717) is 18.8 Å². The summed E-state index contributed by atoms with van der Waals surface area (Å²) in [5, 5.41) is 2.90. The van der Waals surface area contributed by atoms with E-state index in [1.165, 1.54) is 18.2 Å². The van der Waals surface area contributed by atoms with E-state index in [9.17, 15) is 9.18 Å². The second kappa shape index (κ2) is 7.14. The second-order valence-corrected chi connectivity index (χ2v) is 6.33. The first kappa shape index (κ1) is 16.0. The van der Waals surface area contributed by atoms with E-state index in [2.05, 4.69) is 9.88 Å². The number of aromatic nitrogens is 1. The van der Waals surface area contributed by atoms with Crippen LogP contribution in [-0.4, -0.2) is 48.6 Å². The van der Waals surface area contributed by atoms with Gasteiger partial charge >= 0.3 is 0 Å². The number of thiazole rings is 1. The Morgan fingerprint density at radius 1 is 1.35 bits per heavy atom. The van der Waals surface area contributed by atoms with Crippen molar-refractivity contribution in [1.82, 2.24) is 9.88 Å². The standard InChI is InChI=1S/C15H15ClFN3O2S/c16-12-9-11(1-2-13(12)17)22-10-14(21)19-4-6-20(7-5-19)15-18-3-8-23-15/h1-3,8-9H,4-7,10H2. The van der Waals surface area contributed by atoms with Crippen LogP contribution in [0.25, 0.3) is 0 Å². The molecular weight excluding hydrogens is 341 g/mol. The summed E-state index contributed by atoms with van der Waals surface area (Å²) < 4.78 is 18.5. The van der Waals surface area contributed by atoms with Crippen molar-refractivity contribution in [1.29, 1.82) is 0 Å². The number of halogens is 2. The average molecular weight is 356 g/mol. The fourth-order valence-electron chi connectivity index (χ4n) is 2.32. The van der Waals surface area contributed by atoms with Gasteiger partial charge < -0.3 is 14.5 Å². The summed E-state index contributed by atoms with van der Waals surface area (Å²) >= 11 is 7.27. The van der Waals surface area contributed by atoms with Crippen LogP contribution in [0.2, 0.25) is 5.02 Å². The van der Waals surface area contributed by atoms with Gasteiger partial charge in [-0.25, -0.2) is 9.37 Å². The maximum absolute atomic E-state index is 13.1. The molecule has 1 aromatic carbocycles. The number of hydrogen-bond donors (Lipinski definition) is 0. The lowest BCUT2D eigenvalue weighted by Gasteiger charge is -2.34. The lowest BCUT2D eigenvalue weighted by atomic mass is 10.3. The molecule has 1 saturated heterocycles. The first-order valence-electron chi connectivity index (χ1n) is 7.13. The molecule has 1 aliphatic rings. The van der Waals surface area contributed by atoms with Crippen molar-refractivity contribution in [3.63, 3.8) is 0 Å². The van der Waals surface area contributed by atoms with Crippen LogP contribution in [0.1, 0.15) is 0 Å². The molecule has 2 heterocycles. The molecule has 122 valence electrons. The third-order valence-electron chi connectivity index (χ3n) is 3.58. The van der Waals surface area contributed by atoms with Crippen molar-refractivity contribution in [3.05, 3.63) is 40.6 Å². The topological polar surface area (TPSA) is 45.7 Å². The van der Waals surface area contributed by atoms with Crippen molar-refractivity contribution >= 4 is 34.0 Å². The minimum Gasteiger partial charge on any atom is -0.484 e. The van der Waals surface area contributed by atoms with Crippen molar-refractivity contribution < 1.29 is 13.9 Å². The molecule has 1 aliphatic heterocycles. The predicted octanol–water partition coefficient (Wildman–Crippen LogP) is 2.66. The molecule has 0 saturated carbocycles. The zero-order chi connectivity index (χ0) is 16.2. The number of rotatable bonds is 4. The number of carbonyl (C=O) groups excluding carboxylic acids is 1. The van der Waals surface area contributed by atoms with Crippen LogP contribution in [0.15, 0.2) is 29.8 Å². The van der Waals surface area contributed by atoms with Crippen molar-refractivity contribution in [2.24, 2.45) is 0 Å². The molecular formula is C15H15ClFN3O2S. The molecule has 1 amide bonds. The number of nitrogens with zero attached hydrogens (tertiary/aromatic N) is 3. The molecule has 1 aromatic heterocycles. The number of hydrogen-bond acceptors (Lipinski definition) is 5. The van der Waals surface area contributed by atoms with Crippen molar-refractivity contribution in [2.45, 2.75) is 0 Å². The molecule has 3 rings (SSSR count). The highest BCUT2D eigenvalue weighted by molar-refractivity contribution is 7.13. The molecule has 0 radical (unpaired) electrons. The summed E-state index contributed by atoms with van der Waals surface area (Å²) in [5.41, 5.74) is 0. The quantitative estimate of drug-likeness (QED) is 0.846. The lowest BCUT2D eigenvalue weighted by molar-refractivity contribution is -0.133. The normalized spacial score (nSPS) is 14.9. The molecule has 1 fully saturated rings. The number of carbonyl (C=O) groups is 1. The SMILES string of the molecule is O=C(COc1ccc(F)c(Cl)c1)N1CCN(c2nccs2)CC1. The third kappa shape index (κ3) is 3.92. The molecule has 23 heavy (non-hydrogen) atoms. The highest BCUT2D eigenvalue weighted by atomic mass is 35.5. The van der Waals surface area contributed by atoms with Crippen LogP contribution < -0.4 is 9.64 Å². The fourth-order valence-corrected chi connectivity index (χ4v) is 3.19. The highest BCUT2D eigenvalue weighted by Gasteiger charge is 2.22. The Balaban J connectivity index is 1.48. The largest absolute Gasteiger partial charge is 0.484 e. The van der Waals surface area contributed by atoms with E-state index in [-0.39, 0.29) is 17.5 Å². The summed E-state index contributed by atoms with van der Waals surface area (Å²) in [6, 6.07) is 4.04. The van der Waals surface area contributed by atoms with Crippen LogP contribution in [0.4, 0.5) is 9.52 Å². The van der Waals surface area contributed by atoms with Crippen LogP contribution in [0, 0.1) is 5.82 Å². The number of amides is 1. The molecule has 0 spiro atoms. The summed E-state index contributed by atoms with van der Waals surface area (Å²) in [7, 11) is 0. The Labute approximate surface area is 142 Å². The highest BCUT2D eigenvalue weighted by Crippen LogP contribution is 2.21. The third-order valence-corrected chi connectivity index (χ3v) is 4.70. The molecule has 8 heteroatoms. The van der Waals surface area contributed by atoms with Crippen molar-refractivity contribution in [3.8, 4) is 5.75 Å². The molecule has 0 atom stereocenters. The molecule has 0 unspecified atom stereocenters. The monoisotopic (exact) mass is 355 g/mol. The van der Waals surface area contributed by atoms with Gasteiger partial charge in [0.1, 0.15) is 11.6 Å². The van der Waals surface area contributed by atoms with Crippen LogP contribution in [-0.2, 0) is 4.79 Å². The Hall–Kier alpha value is -1.86. The van der Waals surface area contributed by atoms with E-state index in [1.807, 2.05) is 5.38 Å². The van der Waals surface area contributed by atoms with E-state index in [1.54, 1.807) is 22.4 Å². The zero-order valence-corrected chi connectivity index (χ0v) is 13.8. The Bertz CT molecular complexity index is 675. The first-order valence-corrected chi connectivity index (χ1v) is 8.39. The average Bonchev–Trinajstić information content (AvgIpc) is 3.10. The molecule has 2 aromatic rings. The van der Waals surface area contributed by atoms with E-state index >= 15 is 0 Å². The van der Waals surface area contributed by atoms with Gasteiger partial charge in [-0.3, -0.25) is 4.79 Å². The number of piperazine rings is 1. The van der Waals surface area contributed by atoms with Gasteiger partial charge in [-0.1, -0.05) is 11.6 Å². The first-order chi connectivity index (χ1) is 11.1. The maximum atomic E-state index is 13.1. The van der Waals surface area contributed by atoms with Gasteiger partial charge in [0.05, 0.1) is 5.02 Å². The second-order valence-electron chi connectivity index (χ2n) is 5.05. The van der Waals surface area contributed by atoms with Crippen LogP contribution >= 0.6 is 22.9 Å². The van der Waals surface area contributed by atoms with E-state index < -0.39 is 5.82 Å². The van der Waals surface area contributed by atoms with Crippen LogP contribution in [0.3, 0.4) is 0 Å². The predicted molar refractivity (Wildman–Crippen MR) is 87.8 cm³/mol. The Morgan fingerprint density at radius 3 is 2.78 bits per heavy atom. The number of anilines is 1.